The van der Waals surface area contributed by atoms with Gasteiger partial charge in [-0.2, -0.15) is 0 Å². The van der Waals surface area contributed by atoms with Crippen LogP contribution in [0.15, 0.2) is 22.7 Å². The largest absolute Gasteiger partial charge is 0.482 e. The van der Waals surface area contributed by atoms with Crippen LogP contribution in [0.1, 0.15) is 20.3 Å². The van der Waals surface area contributed by atoms with Gasteiger partial charge in [-0.05, 0) is 25.1 Å². The fraction of sp³-hybridized carbons (Fsp3) is 0.385. The van der Waals surface area contributed by atoms with Crippen molar-refractivity contribution >= 4 is 33.3 Å². The van der Waals surface area contributed by atoms with Gasteiger partial charge in [-0.25, -0.2) is 0 Å². The standard InChI is InChI=1S/C13H14BrNO3/c1-3-11(16)8(2)15-10-6-9(14)4-5-12(10)18-7-13(15)17/h4-6,8H,3,7H2,1-2H3. The van der Waals surface area contributed by atoms with Gasteiger partial charge in [0.2, 0.25) is 0 Å². The highest BCUT2D eigenvalue weighted by Gasteiger charge is 2.32. The second-order valence-corrected chi connectivity index (χ2v) is 5.08. The molecule has 1 unspecified atom stereocenters. The van der Waals surface area contributed by atoms with Crippen LogP contribution in [0.25, 0.3) is 0 Å². The Kier molecular flexibility index (Phi) is 3.71. The van der Waals surface area contributed by atoms with Gasteiger partial charge in [0.05, 0.1) is 11.7 Å². The third-order valence-corrected chi connectivity index (χ3v) is 3.50. The van der Waals surface area contributed by atoms with Crippen LogP contribution >= 0.6 is 15.9 Å². The van der Waals surface area contributed by atoms with Crippen LogP contribution in [0.5, 0.6) is 5.75 Å². The van der Waals surface area contributed by atoms with E-state index in [-0.39, 0.29) is 18.3 Å². The molecule has 5 heteroatoms. The number of hydrogen-bond acceptors (Lipinski definition) is 3. The first-order valence-corrected chi connectivity index (χ1v) is 6.61. The predicted molar refractivity (Wildman–Crippen MR) is 71.9 cm³/mol. The van der Waals surface area contributed by atoms with Gasteiger partial charge in [0.15, 0.2) is 12.4 Å². The average molecular weight is 312 g/mol. The first-order chi connectivity index (χ1) is 8.54. The van der Waals surface area contributed by atoms with Crippen molar-refractivity contribution in [3.05, 3.63) is 22.7 Å². The molecular weight excluding hydrogens is 298 g/mol. The van der Waals surface area contributed by atoms with E-state index >= 15 is 0 Å². The van der Waals surface area contributed by atoms with Gasteiger partial charge in [0.25, 0.3) is 5.91 Å². The van der Waals surface area contributed by atoms with E-state index in [1.165, 1.54) is 4.90 Å². The summed E-state index contributed by atoms with van der Waals surface area (Å²) in [4.78, 5) is 25.3. The first kappa shape index (κ1) is 13.1. The predicted octanol–water partition coefficient (Wildman–Crippen LogP) is 2.54. The van der Waals surface area contributed by atoms with E-state index in [1.807, 2.05) is 6.07 Å². The maximum Gasteiger partial charge on any atom is 0.265 e. The minimum atomic E-state index is -0.459. The van der Waals surface area contributed by atoms with E-state index in [0.29, 0.717) is 17.9 Å². The van der Waals surface area contributed by atoms with Crippen LogP contribution in [0.3, 0.4) is 0 Å². The third kappa shape index (κ3) is 2.27. The molecule has 1 aromatic carbocycles. The monoisotopic (exact) mass is 311 g/mol. The van der Waals surface area contributed by atoms with Gasteiger partial charge in [0.1, 0.15) is 5.75 Å². The molecule has 0 fully saturated rings. The summed E-state index contributed by atoms with van der Waals surface area (Å²) in [5, 5.41) is 0. The van der Waals surface area contributed by atoms with E-state index < -0.39 is 6.04 Å². The van der Waals surface area contributed by atoms with Crippen molar-refractivity contribution in [3.63, 3.8) is 0 Å². The summed E-state index contributed by atoms with van der Waals surface area (Å²) in [7, 11) is 0. The summed E-state index contributed by atoms with van der Waals surface area (Å²) < 4.78 is 6.21. The lowest BCUT2D eigenvalue weighted by molar-refractivity contribution is -0.126. The molecule has 1 atom stereocenters. The second kappa shape index (κ2) is 5.10. The zero-order valence-corrected chi connectivity index (χ0v) is 11.9. The summed E-state index contributed by atoms with van der Waals surface area (Å²) >= 11 is 3.36. The van der Waals surface area contributed by atoms with E-state index in [4.69, 9.17) is 4.74 Å². The second-order valence-electron chi connectivity index (χ2n) is 4.16. The number of carbonyl (C=O) groups is 2. The molecule has 0 radical (unpaired) electrons. The highest BCUT2D eigenvalue weighted by Crippen LogP contribution is 2.35. The van der Waals surface area contributed by atoms with E-state index in [0.717, 1.165) is 4.47 Å². The summed E-state index contributed by atoms with van der Waals surface area (Å²) in [6.45, 7) is 3.53. The number of Topliss-reactive ketones (excluding diaryl/α,β-unsaturated/α-hetero) is 1. The number of nitrogens with zero attached hydrogens (tertiary/aromatic N) is 1. The lowest BCUT2D eigenvalue weighted by Crippen LogP contribution is -2.47. The molecular formula is C13H14BrNO3. The van der Waals surface area contributed by atoms with Crippen LogP contribution < -0.4 is 9.64 Å². The van der Waals surface area contributed by atoms with E-state index in [9.17, 15) is 9.59 Å². The van der Waals surface area contributed by atoms with Gasteiger partial charge in [-0.15, -0.1) is 0 Å². The maximum absolute atomic E-state index is 12.0. The normalized spacial score (nSPS) is 15.9. The Labute approximate surface area is 114 Å². The van der Waals surface area contributed by atoms with Gasteiger partial charge in [-0.1, -0.05) is 22.9 Å². The number of ether oxygens (including phenoxy) is 1. The molecule has 0 N–H and O–H groups in total. The van der Waals surface area contributed by atoms with Gasteiger partial charge < -0.3 is 4.74 Å². The van der Waals surface area contributed by atoms with Crippen molar-refractivity contribution in [1.29, 1.82) is 0 Å². The number of ketones is 1. The Morgan fingerprint density at radius 1 is 1.56 bits per heavy atom. The number of hydrogen-bond donors (Lipinski definition) is 0. The van der Waals surface area contributed by atoms with Crippen molar-refractivity contribution in [3.8, 4) is 5.75 Å². The highest BCUT2D eigenvalue weighted by molar-refractivity contribution is 9.10. The van der Waals surface area contributed by atoms with Crippen LogP contribution in [0.4, 0.5) is 5.69 Å². The topological polar surface area (TPSA) is 46.6 Å². The molecule has 1 amide bonds. The zero-order valence-electron chi connectivity index (χ0n) is 10.3. The molecule has 0 bridgehead atoms. The summed E-state index contributed by atoms with van der Waals surface area (Å²) in [5.41, 5.74) is 0.648. The van der Waals surface area contributed by atoms with Crippen LogP contribution in [-0.4, -0.2) is 24.3 Å². The Morgan fingerprint density at radius 2 is 2.28 bits per heavy atom. The number of amides is 1. The van der Waals surface area contributed by atoms with Crippen molar-refractivity contribution < 1.29 is 14.3 Å². The van der Waals surface area contributed by atoms with Crippen molar-refractivity contribution in [1.82, 2.24) is 0 Å². The molecule has 4 nitrogen and oxygen atoms in total. The molecule has 2 rings (SSSR count). The fourth-order valence-corrected chi connectivity index (χ4v) is 2.36. The van der Waals surface area contributed by atoms with Crippen LogP contribution in [0.2, 0.25) is 0 Å². The maximum atomic E-state index is 12.0. The molecule has 1 heterocycles. The van der Waals surface area contributed by atoms with Crippen molar-refractivity contribution in [2.45, 2.75) is 26.3 Å². The Balaban J connectivity index is 2.44. The fourth-order valence-electron chi connectivity index (χ4n) is 2.01. The SMILES string of the molecule is CCC(=O)C(C)N1C(=O)COc2ccc(Br)cc21. The number of fused-ring (bicyclic) bond motifs is 1. The minimum Gasteiger partial charge on any atom is -0.482 e. The zero-order chi connectivity index (χ0) is 13.3. The van der Waals surface area contributed by atoms with Gasteiger partial charge in [0, 0.05) is 10.9 Å². The average Bonchev–Trinajstić information content (AvgIpc) is 2.36. The lowest BCUT2D eigenvalue weighted by atomic mass is 10.1. The summed E-state index contributed by atoms with van der Waals surface area (Å²) in [6.07, 6.45) is 0.412. The number of halogens is 1. The number of carbonyl (C=O) groups excluding carboxylic acids is 2. The van der Waals surface area contributed by atoms with E-state index in [2.05, 4.69) is 15.9 Å². The van der Waals surface area contributed by atoms with Crippen molar-refractivity contribution in [2.24, 2.45) is 0 Å². The molecule has 1 aliphatic rings. The van der Waals surface area contributed by atoms with Crippen molar-refractivity contribution in [2.75, 3.05) is 11.5 Å². The molecule has 18 heavy (non-hydrogen) atoms. The minimum absolute atomic E-state index is 0.0179. The molecule has 1 aromatic rings. The Bertz CT molecular complexity index is 501. The number of rotatable bonds is 3. The molecule has 96 valence electrons. The van der Waals surface area contributed by atoms with Gasteiger partial charge in [-0.3, -0.25) is 14.5 Å². The molecule has 1 aliphatic heterocycles. The lowest BCUT2D eigenvalue weighted by Gasteiger charge is -2.33. The molecule has 0 saturated heterocycles. The molecule has 0 spiro atoms. The third-order valence-electron chi connectivity index (χ3n) is 3.00. The van der Waals surface area contributed by atoms with Crippen LogP contribution in [0, 0.1) is 0 Å². The molecule has 0 saturated carbocycles. The number of anilines is 1. The highest BCUT2D eigenvalue weighted by atomic mass is 79.9. The molecule has 0 aliphatic carbocycles. The first-order valence-electron chi connectivity index (χ1n) is 5.81. The molecule has 0 aromatic heterocycles. The quantitative estimate of drug-likeness (QED) is 0.862. The van der Waals surface area contributed by atoms with Crippen LogP contribution in [-0.2, 0) is 9.59 Å². The summed E-state index contributed by atoms with van der Waals surface area (Å²) in [6, 6.07) is 4.98. The summed E-state index contributed by atoms with van der Waals surface area (Å²) in [5.74, 6) is 0.486. The Morgan fingerprint density at radius 3 is 2.94 bits per heavy atom. The Hall–Kier alpha value is -1.36. The smallest absolute Gasteiger partial charge is 0.265 e. The number of benzene rings is 1. The van der Waals surface area contributed by atoms with Gasteiger partial charge >= 0.3 is 0 Å². The van der Waals surface area contributed by atoms with E-state index in [1.54, 1.807) is 26.0 Å².